The molecule has 6 nitrogen and oxygen atoms in total. The molecule has 2 amide bonds. The van der Waals surface area contributed by atoms with E-state index in [1.807, 2.05) is 11.8 Å². The molecule has 1 heterocycles. The zero-order valence-electron chi connectivity index (χ0n) is 13.3. The average Bonchev–Trinajstić information content (AvgIpc) is 2.43. The minimum atomic E-state index is -0.778. The number of aliphatic hydroxyl groups is 1. The van der Waals surface area contributed by atoms with Gasteiger partial charge < -0.3 is 20.0 Å². The van der Waals surface area contributed by atoms with Gasteiger partial charge in [0, 0.05) is 33.1 Å². The normalized spacial score (nSPS) is 21.7. The number of carbonyl (C=O) groups excluding carboxylic acids is 1. The molecule has 1 aliphatic rings. The molecule has 1 fully saturated rings. The maximum Gasteiger partial charge on any atom is 0.319 e. The smallest absolute Gasteiger partial charge is 0.319 e. The summed E-state index contributed by atoms with van der Waals surface area (Å²) in [5.74, 6) is -0.440. The zero-order valence-corrected chi connectivity index (χ0v) is 13.3. The van der Waals surface area contributed by atoms with Crippen LogP contribution in [-0.2, 0) is 4.79 Å². The highest BCUT2D eigenvalue weighted by atomic mass is 16.4. The third-order valence-corrected chi connectivity index (χ3v) is 4.24. The molecule has 6 heteroatoms. The summed E-state index contributed by atoms with van der Waals surface area (Å²) in [6, 6.07) is -0.0251. The number of aliphatic hydroxyl groups excluding tert-OH is 1. The molecule has 0 bridgehead atoms. The number of urea groups is 1. The summed E-state index contributed by atoms with van der Waals surface area (Å²) in [5.41, 5.74) is 0. The highest BCUT2D eigenvalue weighted by molar-refractivity contribution is 5.74. The van der Waals surface area contributed by atoms with Gasteiger partial charge in [0.1, 0.15) is 0 Å². The van der Waals surface area contributed by atoms with E-state index < -0.39 is 12.1 Å². The lowest BCUT2D eigenvalue weighted by Crippen LogP contribution is -2.47. The maximum absolute atomic E-state index is 12.4. The molecule has 1 saturated heterocycles. The van der Waals surface area contributed by atoms with Crippen LogP contribution < -0.4 is 0 Å². The monoisotopic (exact) mass is 300 g/mol. The van der Waals surface area contributed by atoms with Gasteiger partial charge >= 0.3 is 12.0 Å². The Morgan fingerprint density at radius 3 is 2.62 bits per heavy atom. The number of hydrogen-bond donors (Lipinski definition) is 2. The van der Waals surface area contributed by atoms with Crippen LogP contribution in [0.15, 0.2) is 0 Å². The van der Waals surface area contributed by atoms with Crippen LogP contribution in [0.3, 0.4) is 0 Å². The minimum Gasteiger partial charge on any atom is -0.481 e. The first kappa shape index (κ1) is 17.8. The Morgan fingerprint density at radius 1 is 1.38 bits per heavy atom. The fourth-order valence-electron chi connectivity index (χ4n) is 2.81. The van der Waals surface area contributed by atoms with Crippen LogP contribution in [0.25, 0.3) is 0 Å². The highest BCUT2D eigenvalue weighted by Crippen LogP contribution is 2.26. The van der Waals surface area contributed by atoms with Gasteiger partial charge in [-0.3, -0.25) is 4.79 Å². The number of carboxylic acid groups (broad SMARTS) is 1. The molecule has 0 spiro atoms. The topological polar surface area (TPSA) is 81.1 Å². The molecule has 3 atom stereocenters. The van der Waals surface area contributed by atoms with Gasteiger partial charge in [-0.05, 0) is 38.0 Å². The molecule has 21 heavy (non-hydrogen) atoms. The van der Waals surface area contributed by atoms with Crippen LogP contribution in [0.4, 0.5) is 4.79 Å². The van der Waals surface area contributed by atoms with Crippen LogP contribution in [0.2, 0.25) is 0 Å². The van der Waals surface area contributed by atoms with Crippen LogP contribution in [0.1, 0.15) is 39.5 Å². The molecule has 0 radical (unpaired) electrons. The molecule has 3 unspecified atom stereocenters. The summed E-state index contributed by atoms with van der Waals surface area (Å²) < 4.78 is 0. The molecule has 0 aliphatic carbocycles. The van der Waals surface area contributed by atoms with E-state index in [0.717, 1.165) is 19.4 Å². The Labute approximate surface area is 126 Å². The summed E-state index contributed by atoms with van der Waals surface area (Å²) in [4.78, 5) is 26.6. The first-order valence-corrected chi connectivity index (χ1v) is 7.71. The molecule has 2 N–H and O–H groups in total. The fraction of sp³-hybridized carbons (Fsp3) is 0.867. The second-order valence-electron chi connectivity index (χ2n) is 6.27. The Hall–Kier alpha value is -1.30. The van der Waals surface area contributed by atoms with Crippen molar-refractivity contribution in [3.63, 3.8) is 0 Å². The van der Waals surface area contributed by atoms with Gasteiger partial charge in [0.2, 0.25) is 0 Å². The van der Waals surface area contributed by atoms with Gasteiger partial charge in [0.15, 0.2) is 0 Å². The number of hydrogen-bond acceptors (Lipinski definition) is 3. The maximum atomic E-state index is 12.4. The molecule has 1 aliphatic heterocycles. The average molecular weight is 300 g/mol. The third-order valence-electron chi connectivity index (χ3n) is 4.24. The van der Waals surface area contributed by atoms with Crippen LogP contribution >= 0.6 is 0 Å². The van der Waals surface area contributed by atoms with Gasteiger partial charge in [-0.15, -0.1) is 0 Å². The van der Waals surface area contributed by atoms with Gasteiger partial charge in [-0.1, -0.05) is 6.92 Å². The van der Waals surface area contributed by atoms with Crippen molar-refractivity contribution in [2.75, 3.05) is 26.7 Å². The van der Waals surface area contributed by atoms with E-state index >= 15 is 0 Å². The lowest BCUT2D eigenvalue weighted by Gasteiger charge is -2.37. The number of aliphatic carboxylic acids is 1. The molecule has 0 saturated carbocycles. The Morgan fingerprint density at radius 2 is 2.05 bits per heavy atom. The summed E-state index contributed by atoms with van der Waals surface area (Å²) >= 11 is 0. The SMILES string of the molecule is CC(O)CCN(C)C(=O)N1CCCC(C(C)CC(=O)O)C1. The predicted octanol–water partition coefficient (Wildman–Crippen LogP) is 1.63. The van der Waals surface area contributed by atoms with Crippen LogP contribution in [0.5, 0.6) is 0 Å². The summed E-state index contributed by atoms with van der Waals surface area (Å²) in [6.07, 6.45) is 2.21. The van der Waals surface area contributed by atoms with E-state index in [9.17, 15) is 14.7 Å². The quantitative estimate of drug-likeness (QED) is 0.781. The fourth-order valence-corrected chi connectivity index (χ4v) is 2.81. The van der Waals surface area contributed by atoms with Crippen molar-refractivity contribution in [1.29, 1.82) is 0 Å². The number of carbonyl (C=O) groups is 2. The number of likely N-dealkylation sites (tertiary alicyclic amines) is 1. The molecule has 122 valence electrons. The number of rotatable bonds is 6. The number of piperidine rings is 1. The van der Waals surface area contributed by atoms with E-state index in [-0.39, 0.29) is 24.3 Å². The van der Waals surface area contributed by atoms with Crippen molar-refractivity contribution in [2.24, 2.45) is 11.8 Å². The Bertz CT molecular complexity index is 360. The van der Waals surface area contributed by atoms with Crippen molar-refractivity contribution >= 4 is 12.0 Å². The van der Waals surface area contributed by atoms with E-state index in [0.29, 0.717) is 19.5 Å². The van der Waals surface area contributed by atoms with Gasteiger partial charge in [0.25, 0.3) is 0 Å². The van der Waals surface area contributed by atoms with Crippen molar-refractivity contribution in [1.82, 2.24) is 9.80 Å². The van der Waals surface area contributed by atoms with Gasteiger partial charge in [-0.2, -0.15) is 0 Å². The number of carboxylic acids is 1. The summed E-state index contributed by atoms with van der Waals surface area (Å²) in [6.45, 7) is 5.55. The summed E-state index contributed by atoms with van der Waals surface area (Å²) in [5, 5.41) is 18.2. The van der Waals surface area contributed by atoms with Crippen molar-refractivity contribution in [3.05, 3.63) is 0 Å². The highest BCUT2D eigenvalue weighted by Gasteiger charge is 2.29. The lowest BCUT2D eigenvalue weighted by atomic mass is 9.85. The predicted molar refractivity (Wildman–Crippen MR) is 80.0 cm³/mol. The first-order valence-electron chi connectivity index (χ1n) is 7.71. The molecular formula is C15H28N2O4. The molecule has 0 aromatic carbocycles. The number of amides is 2. The molecule has 1 rings (SSSR count). The van der Waals surface area contributed by atoms with Gasteiger partial charge in [0.05, 0.1) is 6.10 Å². The second kappa shape index (κ2) is 8.22. The van der Waals surface area contributed by atoms with E-state index in [2.05, 4.69) is 0 Å². The van der Waals surface area contributed by atoms with E-state index in [1.165, 1.54) is 0 Å². The lowest BCUT2D eigenvalue weighted by molar-refractivity contribution is -0.138. The number of nitrogens with zero attached hydrogens (tertiary/aromatic N) is 2. The Balaban J connectivity index is 2.51. The van der Waals surface area contributed by atoms with Crippen LogP contribution in [0, 0.1) is 11.8 Å². The van der Waals surface area contributed by atoms with Crippen molar-refractivity contribution in [2.45, 2.75) is 45.6 Å². The van der Waals surface area contributed by atoms with Crippen LogP contribution in [-0.4, -0.2) is 64.8 Å². The van der Waals surface area contributed by atoms with Crippen molar-refractivity contribution < 1.29 is 19.8 Å². The van der Waals surface area contributed by atoms with Gasteiger partial charge in [-0.25, -0.2) is 4.79 Å². The van der Waals surface area contributed by atoms with E-state index in [1.54, 1.807) is 18.9 Å². The molecule has 0 aromatic heterocycles. The van der Waals surface area contributed by atoms with Crippen molar-refractivity contribution in [3.8, 4) is 0 Å². The summed E-state index contributed by atoms with van der Waals surface area (Å²) in [7, 11) is 1.75. The third kappa shape index (κ3) is 5.91. The standard InChI is InChI=1S/C15H28N2O4/c1-11(9-14(19)20)13-5-4-7-17(10-13)15(21)16(3)8-6-12(2)18/h11-13,18H,4-10H2,1-3H3,(H,19,20). The minimum absolute atomic E-state index is 0.0251. The Kier molecular flexibility index (Phi) is 6.95. The van der Waals surface area contributed by atoms with E-state index in [4.69, 9.17) is 5.11 Å². The zero-order chi connectivity index (χ0) is 16.0. The first-order chi connectivity index (χ1) is 9.81. The molecule has 0 aromatic rings. The molecular weight excluding hydrogens is 272 g/mol. The second-order valence-corrected chi connectivity index (χ2v) is 6.27. The largest absolute Gasteiger partial charge is 0.481 e.